The Morgan fingerprint density at radius 2 is 1.85 bits per heavy atom. The summed E-state index contributed by atoms with van der Waals surface area (Å²) in [5, 5.41) is 0. The predicted molar refractivity (Wildman–Crippen MR) is 124 cm³/mol. The number of carbonyl (C=O) groups is 2. The molecule has 1 aromatic heterocycles. The molecule has 1 unspecified atom stereocenters. The molecule has 0 radical (unpaired) electrons. The maximum Gasteiger partial charge on any atom is 0.225 e. The minimum Gasteiger partial charge on any atom is -0.490 e. The molecule has 2 aromatic rings. The third-order valence-corrected chi connectivity index (χ3v) is 6.52. The fourth-order valence-electron chi connectivity index (χ4n) is 4.58. The van der Waals surface area contributed by atoms with Crippen LogP contribution in [0.5, 0.6) is 5.75 Å². The number of nitrogens with zero attached hydrogens (tertiary/aromatic N) is 4. The molecule has 2 aliphatic rings. The summed E-state index contributed by atoms with van der Waals surface area (Å²) in [5.74, 6) is 1.75. The highest BCUT2D eigenvalue weighted by Crippen LogP contribution is 2.26. The van der Waals surface area contributed by atoms with Gasteiger partial charge in [0.15, 0.2) is 0 Å². The number of ether oxygens (including phenoxy) is 2. The lowest BCUT2D eigenvalue weighted by atomic mass is 9.96. The van der Waals surface area contributed by atoms with Crippen LogP contribution in [0.2, 0.25) is 0 Å². The molecule has 3 heterocycles. The van der Waals surface area contributed by atoms with Crippen molar-refractivity contribution < 1.29 is 19.1 Å². The van der Waals surface area contributed by atoms with E-state index >= 15 is 0 Å². The van der Waals surface area contributed by atoms with Crippen molar-refractivity contribution in [2.45, 2.75) is 51.2 Å². The maximum absolute atomic E-state index is 13.2. The Bertz CT molecular complexity index is 925. The number of carbonyl (C=O) groups excluding carboxylic acids is 2. The molecule has 8 heteroatoms. The van der Waals surface area contributed by atoms with Crippen LogP contribution in [-0.4, -0.2) is 76.2 Å². The summed E-state index contributed by atoms with van der Waals surface area (Å²) in [5.41, 5.74) is -0.858. The number of piperidine rings is 1. The van der Waals surface area contributed by atoms with Crippen LogP contribution in [0.15, 0.2) is 42.7 Å². The van der Waals surface area contributed by atoms with Crippen LogP contribution >= 0.6 is 0 Å². The van der Waals surface area contributed by atoms with Crippen LogP contribution in [0.4, 0.5) is 0 Å². The Morgan fingerprint density at radius 3 is 2.58 bits per heavy atom. The molecule has 2 fully saturated rings. The van der Waals surface area contributed by atoms with E-state index in [4.69, 9.17) is 9.47 Å². The molecule has 0 spiro atoms. The number of morpholine rings is 1. The van der Waals surface area contributed by atoms with Crippen molar-refractivity contribution in [3.05, 3.63) is 48.5 Å². The summed E-state index contributed by atoms with van der Waals surface area (Å²) in [6, 6.07) is 9.54. The molecule has 2 aliphatic heterocycles. The van der Waals surface area contributed by atoms with E-state index in [1.165, 1.54) is 6.42 Å². The second-order valence-electron chi connectivity index (χ2n) is 8.98. The molecule has 0 N–H and O–H groups in total. The molecule has 8 nitrogen and oxygen atoms in total. The third-order valence-electron chi connectivity index (χ3n) is 6.52. The summed E-state index contributed by atoms with van der Waals surface area (Å²) in [6.45, 7) is 5.58. The molecule has 0 aliphatic carbocycles. The molecular formula is C25H34N4O4. The number of benzene rings is 1. The highest BCUT2D eigenvalue weighted by atomic mass is 16.5. The number of amides is 2. The van der Waals surface area contributed by atoms with Gasteiger partial charge in [0.25, 0.3) is 0 Å². The number of rotatable bonds is 8. The van der Waals surface area contributed by atoms with Gasteiger partial charge in [-0.1, -0.05) is 18.2 Å². The van der Waals surface area contributed by atoms with Gasteiger partial charge >= 0.3 is 0 Å². The van der Waals surface area contributed by atoms with Gasteiger partial charge in [0, 0.05) is 45.0 Å². The molecule has 1 aromatic carbocycles. The summed E-state index contributed by atoms with van der Waals surface area (Å²) in [7, 11) is 0. The van der Waals surface area contributed by atoms with Gasteiger partial charge in [0.05, 0.1) is 19.6 Å². The summed E-state index contributed by atoms with van der Waals surface area (Å²) < 4.78 is 14.2. The number of imidazole rings is 1. The largest absolute Gasteiger partial charge is 0.490 e. The first-order chi connectivity index (χ1) is 16.0. The number of aromatic nitrogens is 2. The highest BCUT2D eigenvalue weighted by molar-refractivity contribution is 5.79. The average Bonchev–Trinajstić information content (AvgIpc) is 3.27. The van der Waals surface area contributed by atoms with Crippen LogP contribution < -0.4 is 4.74 Å². The SMILES string of the molecule is Cc1nccn1CCC(=O)N1CCOC(COc2ccccc2)(CC(=O)N2CCCCC2)C1. The van der Waals surface area contributed by atoms with Gasteiger partial charge in [-0.15, -0.1) is 0 Å². The van der Waals surface area contributed by atoms with Crippen molar-refractivity contribution in [1.82, 2.24) is 19.4 Å². The lowest BCUT2D eigenvalue weighted by Gasteiger charge is -2.43. The summed E-state index contributed by atoms with van der Waals surface area (Å²) in [6.07, 6.45) is 7.47. The topological polar surface area (TPSA) is 76.9 Å². The van der Waals surface area contributed by atoms with Crippen LogP contribution in [0.1, 0.15) is 37.9 Å². The molecule has 2 saturated heterocycles. The lowest BCUT2D eigenvalue weighted by molar-refractivity contribution is -0.166. The minimum atomic E-state index is -0.858. The summed E-state index contributed by atoms with van der Waals surface area (Å²) in [4.78, 5) is 34.2. The van der Waals surface area contributed by atoms with Crippen LogP contribution in [0.3, 0.4) is 0 Å². The Labute approximate surface area is 195 Å². The quantitative estimate of drug-likeness (QED) is 0.613. The lowest BCUT2D eigenvalue weighted by Crippen LogP contribution is -2.58. The van der Waals surface area contributed by atoms with E-state index in [1.54, 1.807) is 6.20 Å². The Morgan fingerprint density at radius 1 is 1.06 bits per heavy atom. The Hall–Kier alpha value is -2.87. The Kier molecular flexibility index (Phi) is 7.65. The second-order valence-corrected chi connectivity index (χ2v) is 8.98. The predicted octanol–water partition coefficient (Wildman–Crippen LogP) is 2.66. The van der Waals surface area contributed by atoms with Gasteiger partial charge in [0.1, 0.15) is 23.8 Å². The van der Waals surface area contributed by atoms with Gasteiger partial charge in [-0.25, -0.2) is 4.98 Å². The van der Waals surface area contributed by atoms with Crippen LogP contribution in [0.25, 0.3) is 0 Å². The first-order valence-corrected chi connectivity index (χ1v) is 11.9. The van der Waals surface area contributed by atoms with Gasteiger partial charge in [-0.3, -0.25) is 9.59 Å². The highest BCUT2D eigenvalue weighted by Gasteiger charge is 2.42. The van der Waals surface area contributed by atoms with Crippen molar-refractivity contribution in [3.63, 3.8) is 0 Å². The average molecular weight is 455 g/mol. The van der Waals surface area contributed by atoms with E-state index < -0.39 is 5.60 Å². The number of likely N-dealkylation sites (tertiary alicyclic amines) is 1. The molecule has 33 heavy (non-hydrogen) atoms. The van der Waals surface area contributed by atoms with E-state index in [1.807, 2.05) is 57.8 Å². The molecule has 4 rings (SSSR count). The molecule has 0 saturated carbocycles. The van der Waals surface area contributed by atoms with Gasteiger partial charge in [0.2, 0.25) is 11.8 Å². The zero-order valence-electron chi connectivity index (χ0n) is 19.4. The number of hydrogen-bond donors (Lipinski definition) is 0. The van der Waals surface area contributed by atoms with Gasteiger partial charge in [-0.2, -0.15) is 0 Å². The monoisotopic (exact) mass is 454 g/mol. The molecule has 178 valence electrons. The summed E-state index contributed by atoms with van der Waals surface area (Å²) >= 11 is 0. The first kappa shape index (κ1) is 23.3. The van der Waals surface area contributed by atoms with E-state index in [0.29, 0.717) is 32.7 Å². The standard InChI is InChI=1S/C25H34N4O4/c1-21-26-11-15-27(21)14-10-23(30)29-16-17-33-25(19-29,20-32-22-8-4-2-5-9-22)18-24(31)28-12-6-3-7-13-28/h2,4-5,8-9,11,15H,3,6-7,10,12-14,16-20H2,1H3. The van der Waals surface area contributed by atoms with Crippen molar-refractivity contribution in [1.29, 1.82) is 0 Å². The number of para-hydroxylation sites is 1. The number of hydrogen-bond acceptors (Lipinski definition) is 5. The van der Waals surface area contributed by atoms with E-state index in [2.05, 4.69) is 4.98 Å². The van der Waals surface area contributed by atoms with Crippen LogP contribution in [-0.2, 0) is 20.9 Å². The molecule has 1 atom stereocenters. The first-order valence-electron chi connectivity index (χ1n) is 11.9. The van der Waals surface area contributed by atoms with E-state index in [0.717, 1.165) is 37.5 Å². The Balaban J connectivity index is 1.44. The van der Waals surface area contributed by atoms with Gasteiger partial charge in [-0.05, 0) is 38.3 Å². The smallest absolute Gasteiger partial charge is 0.225 e. The zero-order chi connectivity index (χ0) is 23.1. The van der Waals surface area contributed by atoms with Crippen molar-refractivity contribution >= 4 is 11.8 Å². The maximum atomic E-state index is 13.2. The van der Waals surface area contributed by atoms with E-state index in [-0.39, 0.29) is 24.8 Å². The third kappa shape index (κ3) is 6.13. The molecular weight excluding hydrogens is 420 g/mol. The molecule has 2 amide bonds. The minimum absolute atomic E-state index is 0.0564. The fourth-order valence-corrected chi connectivity index (χ4v) is 4.58. The normalized spacial score (nSPS) is 21.1. The zero-order valence-corrected chi connectivity index (χ0v) is 19.4. The van der Waals surface area contributed by atoms with Gasteiger partial charge < -0.3 is 23.8 Å². The number of aryl methyl sites for hydroxylation is 2. The second kappa shape index (κ2) is 10.8. The van der Waals surface area contributed by atoms with Crippen molar-refractivity contribution in [3.8, 4) is 5.75 Å². The van der Waals surface area contributed by atoms with Crippen LogP contribution in [0, 0.1) is 6.92 Å². The van der Waals surface area contributed by atoms with Crippen molar-refractivity contribution in [2.24, 2.45) is 0 Å². The van der Waals surface area contributed by atoms with E-state index in [9.17, 15) is 9.59 Å². The fraction of sp³-hybridized carbons (Fsp3) is 0.560. The molecule has 0 bridgehead atoms. The van der Waals surface area contributed by atoms with Crippen molar-refractivity contribution in [2.75, 3.05) is 39.4 Å².